The summed E-state index contributed by atoms with van der Waals surface area (Å²) in [7, 11) is 0. The maximum Gasteiger partial charge on any atom is 0.282 e. The van der Waals surface area contributed by atoms with Crippen molar-refractivity contribution in [2.75, 3.05) is 0 Å². The lowest BCUT2D eigenvalue weighted by Crippen LogP contribution is -2.23. The molecule has 0 unspecified atom stereocenters. The van der Waals surface area contributed by atoms with Gasteiger partial charge in [0.05, 0.1) is 0 Å². The van der Waals surface area contributed by atoms with E-state index in [9.17, 15) is 9.18 Å². The molecule has 0 aliphatic heterocycles. The zero-order valence-electron chi connectivity index (χ0n) is 8.78. The molecule has 0 spiro atoms. The van der Waals surface area contributed by atoms with Crippen molar-refractivity contribution in [3.8, 4) is 0 Å². The van der Waals surface area contributed by atoms with Gasteiger partial charge in [-0.1, -0.05) is 27.3 Å². The van der Waals surface area contributed by atoms with Gasteiger partial charge in [-0.2, -0.15) is 0 Å². The van der Waals surface area contributed by atoms with Gasteiger partial charge in [-0.25, -0.2) is 4.39 Å². The number of aromatic nitrogens is 2. The Kier molecular flexibility index (Phi) is 4.26. The van der Waals surface area contributed by atoms with Crippen molar-refractivity contribution < 1.29 is 9.18 Å². The summed E-state index contributed by atoms with van der Waals surface area (Å²) in [4.78, 5) is 11.6. The summed E-state index contributed by atoms with van der Waals surface area (Å²) in [6.07, 6.45) is 0. The average molecular weight is 351 g/mol. The summed E-state index contributed by atoms with van der Waals surface area (Å²) in [5.74, 6) is -0.812. The highest BCUT2D eigenvalue weighted by atomic mass is 79.9. The molecule has 0 bridgehead atoms. The topological polar surface area (TPSA) is 54.9 Å². The van der Waals surface area contributed by atoms with Crippen LogP contribution in [-0.4, -0.2) is 16.1 Å². The third-order valence-corrected chi connectivity index (χ3v) is 3.55. The minimum Gasteiger partial charge on any atom is -0.346 e. The molecule has 0 saturated carbocycles. The normalized spacial score (nSPS) is 10.4. The van der Waals surface area contributed by atoms with Crippen LogP contribution in [0.4, 0.5) is 4.39 Å². The van der Waals surface area contributed by atoms with E-state index in [2.05, 4.69) is 31.4 Å². The zero-order valence-corrected chi connectivity index (χ0v) is 11.9. The van der Waals surface area contributed by atoms with Crippen LogP contribution in [0.3, 0.4) is 0 Å². The van der Waals surface area contributed by atoms with Crippen LogP contribution < -0.4 is 5.32 Å². The van der Waals surface area contributed by atoms with Crippen LogP contribution in [0.5, 0.6) is 0 Å². The Bertz CT molecular complexity index is 592. The number of hydrogen-bond donors (Lipinski definition) is 1. The smallest absolute Gasteiger partial charge is 0.282 e. The van der Waals surface area contributed by atoms with Crippen LogP contribution in [-0.2, 0) is 6.54 Å². The SMILES string of the molecule is O=C(NCc1cc(Br)ccc1F)c1nnc(Cl)s1. The predicted molar refractivity (Wildman–Crippen MR) is 70.2 cm³/mol. The molecule has 8 heteroatoms. The van der Waals surface area contributed by atoms with E-state index in [1.54, 1.807) is 12.1 Å². The van der Waals surface area contributed by atoms with Gasteiger partial charge in [0, 0.05) is 16.6 Å². The third-order valence-electron chi connectivity index (χ3n) is 2.04. The van der Waals surface area contributed by atoms with Crippen molar-refractivity contribution in [1.29, 1.82) is 0 Å². The van der Waals surface area contributed by atoms with Crippen molar-refractivity contribution in [3.05, 3.63) is 43.5 Å². The van der Waals surface area contributed by atoms with E-state index < -0.39 is 5.91 Å². The van der Waals surface area contributed by atoms with Crippen LogP contribution in [0.1, 0.15) is 15.4 Å². The largest absolute Gasteiger partial charge is 0.346 e. The fourth-order valence-electron chi connectivity index (χ4n) is 1.23. The van der Waals surface area contributed by atoms with Crippen molar-refractivity contribution in [1.82, 2.24) is 15.5 Å². The maximum absolute atomic E-state index is 13.4. The molecule has 4 nitrogen and oxygen atoms in total. The third kappa shape index (κ3) is 3.24. The van der Waals surface area contributed by atoms with Gasteiger partial charge in [-0.3, -0.25) is 4.79 Å². The molecule has 0 saturated heterocycles. The summed E-state index contributed by atoms with van der Waals surface area (Å²) in [5, 5.41) is 9.80. The second-order valence-corrected chi connectivity index (χ2v) is 5.75. The quantitative estimate of drug-likeness (QED) is 0.926. The van der Waals surface area contributed by atoms with E-state index in [0.717, 1.165) is 15.8 Å². The number of halogens is 3. The molecule has 1 N–H and O–H groups in total. The van der Waals surface area contributed by atoms with E-state index in [1.807, 2.05) is 0 Å². The highest BCUT2D eigenvalue weighted by Crippen LogP contribution is 2.17. The summed E-state index contributed by atoms with van der Waals surface area (Å²) in [5.41, 5.74) is 0.383. The minimum absolute atomic E-state index is 0.0707. The van der Waals surface area contributed by atoms with E-state index in [0.29, 0.717) is 5.56 Å². The van der Waals surface area contributed by atoms with E-state index in [-0.39, 0.29) is 21.8 Å². The Morgan fingerprint density at radius 2 is 2.28 bits per heavy atom. The van der Waals surface area contributed by atoms with Crippen LogP contribution in [0.25, 0.3) is 0 Å². The van der Waals surface area contributed by atoms with Crippen LogP contribution in [0.2, 0.25) is 4.47 Å². The number of rotatable bonds is 3. The number of hydrogen-bond acceptors (Lipinski definition) is 4. The highest BCUT2D eigenvalue weighted by molar-refractivity contribution is 9.10. The molecule has 0 aliphatic carbocycles. The van der Waals surface area contributed by atoms with E-state index >= 15 is 0 Å². The van der Waals surface area contributed by atoms with Gasteiger partial charge in [-0.05, 0) is 29.8 Å². The molecule has 1 amide bonds. The summed E-state index contributed by atoms with van der Waals surface area (Å²) >= 11 is 9.77. The predicted octanol–water partition coefficient (Wildman–Crippen LogP) is 3.02. The summed E-state index contributed by atoms with van der Waals surface area (Å²) in [6.45, 7) is 0.0707. The second kappa shape index (κ2) is 5.73. The first-order chi connectivity index (χ1) is 8.56. The van der Waals surface area contributed by atoms with Gasteiger partial charge in [0.2, 0.25) is 9.47 Å². The Morgan fingerprint density at radius 1 is 1.50 bits per heavy atom. The fraction of sp³-hybridized carbons (Fsp3) is 0.100. The van der Waals surface area contributed by atoms with Crippen LogP contribution >= 0.6 is 38.9 Å². The molecular formula is C10H6BrClFN3OS. The molecule has 1 aromatic carbocycles. The minimum atomic E-state index is -0.432. The molecule has 0 radical (unpaired) electrons. The van der Waals surface area contributed by atoms with Crippen LogP contribution in [0, 0.1) is 5.82 Å². The molecule has 2 aromatic rings. The molecule has 1 heterocycles. The number of nitrogens with one attached hydrogen (secondary N) is 1. The lowest BCUT2D eigenvalue weighted by Gasteiger charge is -2.04. The van der Waals surface area contributed by atoms with Crippen molar-refractivity contribution >= 4 is 44.8 Å². The van der Waals surface area contributed by atoms with Gasteiger partial charge in [0.1, 0.15) is 5.82 Å². The lowest BCUT2D eigenvalue weighted by atomic mass is 10.2. The van der Waals surface area contributed by atoms with Crippen LogP contribution in [0.15, 0.2) is 22.7 Å². The Balaban J connectivity index is 2.03. The first-order valence-electron chi connectivity index (χ1n) is 4.77. The number of benzene rings is 1. The second-order valence-electron chi connectivity index (χ2n) is 3.28. The molecule has 94 valence electrons. The van der Waals surface area contributed by atoms with Gasteiger partial charge >= 0.3 is 0 Å². The Hall–Kier alpha value is -1.05. The maximum atomic E-state index is 13.4. The van der Waals surface area contributed by atoms with Crippen molar-refractivity contribution in [2.24, 2.45) is 0 Å². The molecule has 2 rings (SSSR count). The molecule has 0 atom stereocenters. The van der Waals surface area contributed by atoms with Gasteiger partial charge in [-0.15, -0.1) is 10.2 Å². The summed E-state index contributed by atoms with van der Waals surface area (Å²) < 4.78 is 14.3. The lowest BCUT2D eigenvalue weighted by molar-refractivity contribution is 0.0949. The standard InChI is InChI=1S/C10H6BrClFN3OS/c11-6-1-2-7(13)5(3-6)4-14-8(17)9-15-16-10(12)18-9/h1-3H,4H2,(H,14,17). The first-order valence-corrected chi connectivity index (χ1v) is 6.76. The molecule has 1 aromatic heterocycles. The molecular weight excluding hydrogens is 345 g/mol. The Labute approximate surface area is 119 Å². The Morgan fingerprint density at radius 3 is 2.94 bits per heavy atom. The molecule has 0 fully saturated rings. The highest BCUT2D eigenvalue weighted by Gasteiger charge is 2.12. The number of amides is 1. The van der Waals surface area contributed by atoms with Gasteiger partial charge < -0.3 is 5.32 Å². The van der Waals surface area contributed by atoms with E-state index in [1.165, 1.54) is 6.07 Å². The number of nitrogens with zero attached hydrogens (tertiary/aromatic N) is 2. The molecule has 0 aliphatic rings. The fourth-order valence-corrected chi connectivity index (χ4v) is 2.38. The first kappa shape index (κ1) is 13.4. The monoisotopic (exact) mass is 349 g/mol. The average Bonchev–Trinajstić information content (AvgIpc) is 2.77. The number of carbonyl (C=O) groups is 1. The van der Waals surface area contributed by atoms with Crippen molar-refractivity contribution in [2.45, 2.75) is 6.54 Å². The summed E-state index contributed by atoms with van der Waals surface area (Å²) in [6, 6.07) is 4.52. The van der Waals surface area contributed by atoms with Crippen molar-refractivity contribution in [3.63, 3.8) is 0 Å². The molecule has 18 heavy (non-hydrogen) atoms. The number of carbonyl (C=O) groups excluding carboxylic acids is 1. The van der Waals surface area contributed by atoms with E-state index in [4.69, 9.17) is 11.6 Å². The van der Waals surface area contributed by atoms with Gasteiger partial charge in [0.25, 0.3) is 5.91 Å². The van der Waals surface area contributed by atoms with Gasteiger partial charge in [0.15, 0.2) is 0 Å². The zero-order chi connectivity index (χ0) is 13.1.